The summed E-state index contributed by atoms with van der Waals surface area (Å²) in [4.78, 5) is 14.8. The van der Waals surface area contributed by atoms with Crippen LogP contribution < -0.4 is 5.32 Å². The van der Waals surface area contributed by atoms with Crippen LogP contribution in [0.1, 0.15) is 29.8 Å². The molecular formula is C12H15ClN2O3. The van der Waals surface area contributed by atoms with Crippen molar-refractivity contribution >= 4 is 23.4 Å². The van der Waals surface area contributed by atoms with Crippen molar-refractivity contribution in [1.82, 2.24) is 4.98 Å². The fourth-order valence-corrected chi connectivity index (χ4v) is 2.08. The molecule has 0 aromatic carbocycles. The van der Waals surface area contributed by atoms with Gasteiger partial charge in [0, 0.05) is 13.2 Å². The number of rotatable bonds is 6. The Labute approximate surface area is 110 Å². The van der Waals surface area contributed by atoms with Gasteiger partial charge in [0.2, 0.25) is 0 Å². The van der Waals surface area contributed by atoms with E-state index in [-0.39, 0.29) is 22.7 Å². The lowest BCUT2D eigenvalue weighted by Crippen LogP contribution is -2.18. The first-order valence-electron chi connectivity index (χ1n) is 5.81. The molecule has 1 heterocycles. The summed E-state index contributed by atoms with van der Waals surface area (Å²) < 4.78 is 0. The van der Waals surface area contributed by atoms with Crippen molar-refractivity contribution in [2.75, 3.05) is 18.5 Å². The molecule has 3 N–H and O–H groups in total. The maximum Gasteiger partial charge on any atom is 0.356 e. The highest BCUT2D eigenvalue weighted by molar-refractivity contribution is 6.33. The Morgan fingerprint density at radius 2 is 2.22 bits per heavy atom. The number of nitrogens with zero attached hydrogens (tertiary/aromatic N) is 1. The van der Waals surface area contributed by atoms with Gasteiger partial charge in [-0.05, 0) is 36.8 Å². The molecular weight excluding hydrogens is 256 g/mol. The Morgan fingerprint density at radius 1 is 1.50 bits per heavy atom. The predicted molar refractivity (Wildman–Crippen MR) is 68.1 cm³/mol. The van der Waals surface area contributed by atoms with Gasteiger partial charge in [-0.15, -0.1) is 0 Å². The van der Waals surface area contributed by atoms with Crippen LogP contribution in [0.5, 0.6) is 0 Å². The zero-order valence-electron chi connectivity index (χ0n) is 9.82. The van der Waals surface area contributed by atoms with Crippen LogP contribution in [0.25, 0.3) is 0 Å². The molecule has 0 amide bonds. The first kappa shape index (κ1) is 13.1. The second-order valence-electron chi connectivity index (χ2n) is 4.66. The van der Waals surface area contributed by atoms with Crippen LogP contribution in [0.15, 0.2) is 12.1 Å². The fraction of sp³-hybridized carbons (Fsp3) is 0.500. The average molecular weight is 271 g/mol. The summed E-state index contributed by atoms with van der Waals surface area (Å²) >= 11 is 5.74. The number of hydrogen-bond acceptors (Lipinski definition) is 4. The van der Waals surface area contributed by atoms with E-state index in [2.05, 4.69) is 10.3 Å². The number of halogens is 1. The molecule has 0 aliphatic heterocycles. The summed E-state index contributed by atoms with van der Waals surface area (Å²) in [6, 6.07) is 3.18. The average Bonchev–Trinajstić information content (AvgIpc) is 3.08. The van der Waals surface area contributed by atoms with Gasteiger partial charge >= 0.3 is 5.97 Å². The molecule has 2 rings (SSSR count). The monoisotopic (exact) mass is 270 g/mol. The minimum Gasteiger partial charge on any atom is -0.476 e. The highest BCUT2D eigenvalue weighted by Gasteiger charge is 2.41. The van der Waals surface area contributed by atoms with Crippen LogP contribution >= 0.6 is 11.6 Å². The van der Waals surface area contributed by atoms with Gasteiger partial charge in [-0.25, -0.2) is 9.78 Å². The predicted octanol–water partition coefficient (Wildman–Crippen LogP) is 2.01. The molecule has 0 atom stereocenters. The van der Waals surface area contributed by atoms with E-state index in [4.69, 9.17) is 21.8 Å². The normalized spacial score (nSPS) is 16.3. The first-order valence-corrected chi connectivity index (χ1v) is 6.19. The van der Waals surface area contributed by atoms with Gasteiger partial charge in [-0.1, -0.05) is 11.6 Å². The molecule has 0 radical (unpaired) electrons. The molecule has 18 heavy (non-hydrogen) atoms. The van der Waals surface area contributed by atoms with Gasteiger partial charge in [0.25, 0.3) is 0 Å². The summed E-state index contributed by atoms with van der Waals surface area (Å²) in [7, 11) is 0. The summed E-state index contributed by atoms with van der Waals surface area (Å²) in [5.41, 5.74) is 0.00749. The maximum atomic E-state index is 10.9. The number of aliphatic hydroxyl groups is 1. The number of hydrogen-bond donors (Lipinski definition) is 3. The number of aromatic nitrogens is 1. The topological polar surface area (TPSA) is 82.5 Å². The zero-order valence-corrected chi connectivity index (χ0v) is 10.6. The summed E-state index contributed by atoms with van der Waals surface area (Å²) in [6.45, 7) is 0.872. The fourth-order valence-electron chi connectivity index (χ4n) is 1.90. The molecule has 6 heteroatoms. The summed E-state index contributed by atoms with van der Waals surface area (Å²) in [6.07, 6.45) is 2.93. The minimum absolute atomic E-state index is 0.129. The van der Waals surface area contributed by atoms with Crippen LogP contribution in [-0.2, 0) is 0 Å². The van der Waals surface area contributed by atoms with Crippen LogP contribution in [0.4, 0.5) is 5.82 Å². The van der Waals surface area contributed by atoms with E-state index in [1.54, 1.807) is 6.07 Å². The third-order valence-electron chi connectivity index (χ3n) is 3.29. The number of carbonyl (C=O) groups is 1. The molecule has 0 bridgehead atoms. The van der Waals surface area contributed by atoms with Crippen molar-refractivity contribution in [3.8, 4) is 0 Å². The van der Waals surface area contributed by atoms with Crippen molar-refractivity contribution in [3.05, 3.63) is 22.8 Å². The molecule has 0 unspecified atom stereocenters. The Balaban J connectivity index is 2.02. The molecule has 1 aromatic heterocycles. The Kier molecular flexibility index (Phi) is 3.73. The number of carboxylic acid groups (broad SMARTS) is 1. The smallest absolute Gasteiger partial charge is 0.356 e. The zero-order chi connectivity index (χ0) is 13.2. The SMILES string of the molecule is O=C(O)c1nc(NCC2(CCO)CC2)ccc1Cl. The van der Waals surface area contributed by atoms with Crippen LogP contribution in [-0.4, -0.2) is 34.3 Å². The lowest BCUT2D eigenvalue weighted by atomic mass is 10.0. The molecule has 1 fully saturated rings. The standard InChI is InChI=1S/C12H15ClN2O3/c13-8-1-2-9(15-10(8)11(17)18)14-7-12(3-4-12)5-6-16/h1-2,16H,3-7H2,(H,14,15)(H,17,18). The Hall–Kier alpha value is -1.33. The van der Waals surface area contributed by atoms with E-state index >= 15 is 0 Å². The van der Waals surface area contributed by atoms with Crippen LogP contribution in [0.2, 0.25) is 5.02 Å². The minimum atomic E-state index is -1.14. The van der Waals surface area contributed by atoms with E-state index in [1.165, 1.54) is 6.07 Å². The van der Waals surface area contributed by atoms with Crippen molar-refractivity contribution in [3.63, 3.8) is 0 Å². The van der Waals surface area contributed by atoms with Crippen molar-refractivity contribution < 1.29 is 15.0 Å². The van der Waals surface area contributed by atoms with Crippen molar-refractivity contribution in [2.24, 2.45) is 5.41 Å². The molecule has 1 saturated carbocycles. The van der Waals surface area contributed by atoms with Gasteiger partial charge in [-0.2, -0.15) is 0 Å². The van der Waals surface area contributed by atoms with E-state index < -0.39 is 5.97 Å². The third kappa shape index (κ3) is 2.91. The lowest BCUT2D eigenvalue weighted by molar-refractivity contribution is 0.0691. The molecule has 0 saturated heterocycles. The maximum absolute atomic E-state index is 10.9. The van der Waals surface area contributed by atoms with Gasteiger partial charge in [0.1, 0.15) is 5.82 Å². The number of nitrogens with one attached hydrogen (secondary N) is 1. The number of anilines is 1. The van der Waals surface area contributed by atoms with E-state index in [0.29, 0.717) is 12.4 Å². The second-order valence-corrected chi connectivity index (χ2v) is 5.07. The largest absolute Gasteiger partial charge is 0.476 e. The lowest BCUT2D eigenvalue weighted by Gasteiger charge is -2.15. The van der Waals surface area contributed by atoms with E-state index in [0.717, 1.165) is 19.3 Å². The van der Waals surface area contributed by atoms with E-state index in [1.807, 2.05) is 0 Å². The third-order valence-corrected chi connectivity index (χ3v) is 3.60. The molecule has 0 spiro atoms. The van der Waals surface area contributed by atoms with Crippen molar-refractivity contribution in [1.29, 1.82) is 0 Å². The highest BCUT2D eigenvalue weighted by Crippen LogP contribution is 2.48. The highest BCUT2D eigenvalue weighted by atomic mass is 35.5. The van der Waals surface area contributed by atoms with Gasteiger partial charge in [0.15, 0.2) is 5.69 Å². The van der Waals surface area contributed by atoms with Gasteiger partial charge in [0.05, 0.1) is 5.02 Å². The van der Waals surface area contributed by atoms with Gasteiger partial charge in [-0.3, -0.25) is 0 Å². The quantitative estimate of drug-likeness (QED) is 0.737. The molecule has 1 aliphatic rings. The molecule has 1 aromatic rings. The molecule has 1 aliphatic carbocycles. The number of pyridine rings is 1. The van der Waals surface area contributed by atoms with Crippen LogP contribution in [0, 0.1) is 5.41 Å². The van der Waals surface area contributed by atoms with Crippen LogP contribution in [0.3, 0.4) is 0 Å². The molecule has 98 valence electrons. The molecule has 5 nitrogen and oxygen atoms in total. The Bertz CT molecular complexity index is 461. The van der Waals surface area contributed by atoms with Gasteiger partial charge < -0.3 is 15.5 Å². The van der Waals surface area contributed by atoms with E-state index in [9.17, 15) is 4.79 Å². The second kappa shape index (κ2) is 5.12. The number of aliphatic hydroxyl groups excluding tert-OH is 1. The number of carboxylic acids is 1. The summed E-state index contributed by atoms with van der Waals surface area (Å²) in [5, 5.41) is 21.1. The first-order chi connectivity index (χ1) is 8.56. The summed E-state index contributed by atoms with van der Waals surface area (Å²) in [5.74, 6) is -0.638. The Morgan fingerprint density at radius 3 is 2.78 bits per heavy atom. The number of aromatic carboxylic acids is 1. The van der Waals surface area contributed by atoms with Crippen molar-refractivity contribution in [2.45, 2.75) is 19.3 Å².